The molecule has 3 aromatic heterocycles. The van der Waals surface area contributed by atoms with Gasteiger partial charge in [-0.2, -0.15) is 5.10 Å². The first-order valence-corrected chi connectivity index (χ1v) is 11.4. The number of H-pyrrole nitrogens is 1. The van der Waals surface area contributed by atoms with Crippen molar-refractivity contribution in [2.24, 2.45) is 5.92 Å². The molecule has 30 heavy (non-hydrogen) atoms. The van der Waals surface area contributed by atoms with Crippen LogP contribution in [-0.4, -0.2) is 37.7 Å². The van der Waals surface area contributed by atoms with Crippen molar-refractivity contribution in [1.82, 2.24) is 25.1 Å². The fourth-order valence-electron chi connectivity index (χ4n) is 5.04. The van der Waals surface area contributed by atoms with Gasteiger partial charge in [-0.3, -0.25) is 10.00 Å². The highest BCUT2D eigenvalue weighted by atomic mass is 32.1. The third-order valence-electron chi connectivity index (χ3n) is 6.53. The minimum Gasteiger partial charge on any atom is -0.339 e. The van der Waals surface area contributed by atoms with Crippen LogP contribution in [-0.2, 0) is 13.1 Å². The fraction of sp³-hybridized carbons (Fsp3) is 0.409. The minimum atomic E-state index is 0.745. The maximum absolute atomic E-state index is 4.83. The van der Waals surface area contributed by atoms with Gasteiger partial charge in [0.25, 0.3) is 0 Å². The summed E-state index contributed by atoms with van der Waals surface area (Å²) >= 11 is 1.67. The highest BCUT2D eigenvalue weighted by Gasteiger charge is 2.37. The second-order valence-corrected chi connectivity index (χ2v) is 9.62. The molecule has 0 radical (unpaired) electrons. The monoisotopic (exact) mass is 419 g/mol. The van der Waals surface area contributed by atoms with Gasteiger partial charge in [0.2, 0.25) is 0 Å². The zero-order valence-corrected chi connectivity index (χ0v) is 17.8. The van der Waals surface area contributed by atoms with Gasteiger partial charge in [-0.1, -0.05) is 11.3 Å². The van der Waals surface area contributed by atoms with Crippen LogP contribution >= 0.6 is 11.3 Å². The van der Waals surface area contributed by atoms with Crippen molar-refractivity contribution in [2.75, 3.05) is 16.8 Å². The third kappa shape index (κ3) is 3.30. The first-order valence-electron chi connectivity index (χ1n) is 10.6. The summed E-state index contributed by atoms with van der Waals surface area (Å²) in [5.74, 6) is 1.80. The minimum absolute atomic E-state index is 0.745. The van der Waals surface area contributed by atoms with Gasteiger partial charge >= 0.3 is 0 Å². The number of hydrogen-bond acceptors (Lipinski definition) is 7. The van der Waals surface area contributed by atoms with E-state index in [4.69, 9.17) is 4.98 Å². The molecule has 2 bridgehead atoms. The lowest BCUT2D eigenvalue weighted by Crippen LogP contribution is -2.31. The van der Waals surface area contributed by atoms with Crippen LogP contribution in [0, 0.1) is 12.8 Å². The number of rotatable bonds is 5. The van der Waals surface area contributed by atoms with Gasteiger partial charge in [0.15, 0.2) is 5.13 Å². The highest BCUT2D eigenvalue weighted by molar-refractivity contribution is 7.16. The Bertz CT molecular complexity index is 1100. The molecular weight excluding hydrogens is 394 g/mol. The molecule has 2 fully saturated rings. The largest absolute Gasteiger partial charge is 0.339 e. The summed E-state index contributed by atoms with van der Waals surface area (Å²) in [4.78, 5) is 15.4. The predicted molar refractivity (Wildman–Crippen MR) is 120 cm³/mol. The molecule has 2 atom stereocenters. The molecule has 0 unspecified atom stereocenters. The molecule has 2 N–H and O–H groups in total. The Morgan fingerprint density at radius 2 is 2.30 bits per heavy atom. The number of aryl methyl sites for hydroxylation is 1. The van der Waals surface area contributed by atoms with Gasteiger partial charge in [-0.05, 0) is 55.9 Å². The van der Waals surface area contributed by atoms with E-state index >= 15 is 0 Å². The Morgan fingerprint density at radius 3 is 3.10 bits per heavy atom. The third-order valence-corrected chi connectivity index (χ3v) is 7.51. The maximum atomic E-state index is 4.83. The second kappa shape index (κ2) is 7.21. The first-order chi connectivity index (χ1) is 14.7. The van der Waals surface area contributed by atoms with Crippen molar-refractivity contribution >= 4 is 34.0 Å². The van der Waals surface area contributed by atoms with Crippen molar-refractivity contribution in [3.63, 3.8) is 0 Å². The van der Waals surface area contributed by atoms with E-state index in [1.807, 2.05) is 19.3 Å². The number of pyridine rings is 1. The molecule has 0 amide bonds. The molecule has 0 aromatic carbocycles. The summed E-state index contributed by atoms with van der Waals surface area (Å²) in [6, 6.07) is 5.10. The second-order valence-electron chi connectivity index (χ2n) is 8.59. The van der Waals surface area contributed by atoms with Crippen LogP contribution in [0.25, 0.3) is 6.08 Å². The Morgan fingerprint density at radius 1 is 1.33 bits per heavy atom. The summed E-state index contributed by atoms with van der Waals surface area (Å²) in [6.07, 6.45) is 12.2. The number of aromatic amines is 1. The van der Waals surface area contributed by atoms with Gasteiger partial charge in [-0.25, -0.2) is 9.97 Å². The van der Waals surface area contributed by atoms with Crippen molar-refractivity contribution in [2.45, 2.75) is 45.3 Å². The van der Waals surface area contributed by atoms with Gasteiger partial charge in [-0.15, -0.1) is 0 Å². The number of hydrogen-bond donors (Lipinski definition) is 2. The summed E-state index contributed by atoms with van der Waals surface area (Å²) in [5, 5.41) is 11.4. The normalized spacial score (nSPS) is 22.6. The van der Waals surface area contributed by atoms with Crippen molar-refractivity contribution in [3.8, 4) is 0 Å². The number of fused-ring (bicyclic) bond motifs is 3. The molecule has 1 saturated heterocycles. The number of nitrogens with zero attached hydrogens (tertiary/aromatic N) is 5. The van der Waals surface area contributed by atoms with Crippen molar-refractivity contribution in [1.29, 1.82) is 0 Å². The van der Waals surface area contributed by atoms with Gasteiger partial charge in [0.05, 0.1) is 34.7 Å². The molecule has 154 valence electrons. The molecule has 6 rings (SSSR count). The van der Waals surface area contributed by atoms with Gasteiger partial charge in [0.1, 0.15) is 5.82 Å². The van der Waals surface area contributed by atoms with E-state index in [1.54, 1.807) is 11.3 Å². The molecule has 5 heterocycles. The Balaban J connectivity index is 1.15. The van der Waals surface area contributed by atoms with E-state index in [1.165, 1.54) is 36.2 Å². The van der Waals surface area contributed by atoms with E-state index in [9.17, 15) is 0 Å². The summed E-state index contributed by atoms with van der Waals surface area (Å²) in [5.41, 5.74) is 4.55. The Hall–Kier alpha value is -2.71. The van der Waals surface area contributed by atoms with E-state index in [0.717, 1.165) is 53.1 Å². The van der Waals surface area contributed by atoms with Crippen LogP contribution in [0.1, 0.15) is 41.1 Å². The zero-order valence-electron chi connectivity index (χ0n) is 17.0. The fourth-order valence-corrected chi connectivity index (χ4v) is 5.91. The standard InChI is InChI=1S/C22H25N7S/c1-14-19(10-24-27-14)28-7-5-20-18(13-28)25-22(30-20)26-21-9-16(4-6-23-21)12-29-11-15-2-3-17(29)8-15/h4-7,9-10,15,17H,2-3,8,11-13H2,1H3,(H,24,27)(H,23,25,26)/t15-,17+/m1/s1. The average Bonchev–Trinajstić information content (AvgIpc) is 3.51. The van der Waals surface area contributed by atoms with E-state index in [0.29, 0.717) is 0 Å². The Labute approximate surface area is 179 Å². The smallest absolute Gasteiger partial charge is 0.189 e. The molecule has 3 aliphatic rings. The number of nitrogens with one attached hydrogen (secondary N) is 2. The number of likely N-dealkylation sites (tertiary alicyclic amines) is 1. The number of piperidine rings is 1. The molecule has 3 aromatic rings. The lowest BCUT2D eigenvalue weighted by molar-refractivity contribution is 0.205. The van der Waals surface area contributed by atoms with Crippen LogP contribution in [0.15, 0.2) is 30.7 Å². The number of thiazole rings is 1. The van der Waals surface area contributed by atoms with Crippen LogP contribution in [0.2, 0.25) is 0 Å². The molecular formula is C22H25N7S. The van der Waals surface area contributed by atoms with Gasteiger partial charge < -0.3 is 10.2 Å². The first kappa shape index (κ1) is 18.1. The molecule has 8 heteroatoms. The summed E-state index contributed by atoms with van der Waals surface area (Å²) in [6.45, 7) is 5.06. The van der Waals surface area contributed by atoms with Crippen LogP contribution in [0.3, 0.4) is 0 Å². The number of anilines is 3. The molecule has 0 spiro atoms. The lowest BCUT2D eigenvalue weighted by atomic mass is 10.1. The van der Waals surface area contributed by atoms with E-state index in [-0.39, 0.29) is 0 Å². The van der Waals surface area contributed by atoms with E-state index in [2.05, 4.69) is 54.7 Å². The highest BCUT2D eigenvalue weighted by Crippen LogP contribution is 2.38. The van der Waals surface area contributed by atoms with Crippen molar-refractivity contribution in [3.05, 3.63) is 52.6 Å². The molecule has 1 saturated carbocycles. The van der Waals surface area contributed by atoms with E-state index < -0.39 is 0 Å². The van der Waals surface area contributed by atoms with Crippen LogP contribution in [0.4, 0.5) is 16.6 Å². The lowest BCUT2D eigenvalue weighted by Gasteiger charge is -2.26. The van der Waals surface area contributed by atoms with Crippen LogP contribution < -0.4 is 10.2 Å². The average molecular weight is 420 g/mol. The SMILES string of the molecule is Cc1[nH]ncc1N1C=Cc2sc(Nc3cc(CN4C[C@@H]5CC[C@H]4C5)ccn3)nc2C1. The quantitative estimate of drug-likeness (QED) is 0.643. The molecule has 7 nitrogen and oxygen atoms in total. The number of aromatic nitrogens is 4. The maximum Gasteiger partial charge on any atom is 0.189 e. The predicted octanol–water partition coefficient (Wildman–Crippen LogP) is 4.29. The van der Waals surface area contributed by atoms with Crippen LogP contribution in [0.5, 0.6) is 0 Å². The summed E-state index contributed by atoms with van der Waals surface area (Å²) < 4.78 is 0. The Kier molecular flexibility index (Phi) is 4.35. The zero-order chi connectivity index (χ0) is 20.1. The summed E-state index contributed by atoms with van der Waals surface area (Å²) in [7, 11) is 0. The molecule has 1 aliphatic carbocycles. The van der Waals surface area contributed by atoms with Gasteiger partial charge in [0, 0.05) is 31.5 Å². The molecule has 2 aliphatic heterocycles. The topological polar surface area (TPSA) is 73.0 Å². The van der Waals surface area contributed by atoms with Crippen molar-refractivity contribution < 1.29 is 0 Å².